The van der Waals surface area contributed by atoms with Gasteiger partial charge in [-0.15, -0.1) is 0 Å². The minimum absolute atomic E-state index is 0.0879. The van der Waals surface area contributed by atoms with Crippen LogP contribution in [0.2, 0.25) is 0 Å². The fraction of sp³-hybridized carbons (Fsp3) is 0.429. The number of carbonyl (C=O) groups is 1. The summed E-state index contributed by atoms with van der Waals surface area (Å²) in [5.41, 5.74) is 3.29. The van der Waals surface area contributed by atoms with Gasteiger partial charge in [-0.2, -0.15) is 5.26 Å². The molecule has 0 aromatic heterocycles. The Kier molecular flexibility index (Phi) is 3.96. The molecule has 1 heterocycles. The third-order valence-electron chi connectivity index (χ3n) is 3.32. The summed E-state index contributed by atoms with van der Waals surface area (Å²) >= 11 is 0. The molecule has 1 aliphatic rings. The van der Waals surface area contributed by atoms with Crippen molar-refractivity contribution in [2.75, 3.05) is 12.4 Å². The molecule has 0 saturated heterocycles. The van der Waals surface area contributed by atoms with Gasteiger partial charge >= 0.3 is 0 Å². The van der Waals surface area contributed by atoms with Crippen molar-refractivity contribution < 1.29 is 4.79 Å². The van der Waals surface area contributed by atoms with E-state index >= 15 is 0 Å². The van der Waals surface area contributed by atoms with Gasteiger partial charge in [-0.05, 0) is 37.1 Å². The molecule has 2 rings (SSSR count). The molecule has 1 amide bonds. The van der Waals surface area contributed by atoms with E-state index in [0.29, 0.717) is 12.8 Å². The average molecular weight is 243 g/mol. The van der Waals surface area contributed by atoms with Gasteiger partial charge in [0.15, 0.2) is 0 Å². The van der Waals surface area contributed by atoms with E-state index in [1.165, 1.54) is 11.1 Å². The van der Waals surface area contributed by atoms with E-state index in [4.69, 9.17) is 5.26 Å². The second-order valence-corrected chi connectivity index (χ2v) is 4.50. The lowest BCUT2D eigenvalue weighted by molar-refractivity contribution is -0.116. The van der Waals surface area contributed by atoms with Crippen LogP contribution >= 0.6 is 0 Å². The second-order valence-electron chi connectivity index (χ2n) is 4.50. The predicted octanol–water partition coefficient (Wildman–Crippen LogP) is 2.14. The first kappa shape index (κ1) is 12.6. The first-order valence-corrected chi connectivity index (χ1v) is 6.21. The molecule has 0 saturated carbocycles. The summed E-state index contributed by atoms with van der Waals surface area (Å²) in [5, 5.41) is 14.8. The molecule has 0 radical (unpaired) electrons. The molecule has 1 unspecified atom stereocenters. The highest BCUT2D eigenvalue weighted by Gasteiger charge is 2.17. The third kappa shape index (κ3) is 2.69. The summed E-state index contributed by atoms with van der Waals surface area (Å²) in [6.45, 7) is 0. The number of hydrogen-bond acceptors (Lipinski definition) is 3. The maximum atomic E-state index is 11.3. The Morgan fingerprint density at radius 1 is 1.50 bits per heavy atom. The summed E-state index contributed by atoms with van der Waals surface area (Å²) in [6.07, 6.45) is 2.69. The quantitative estimate of drug-likeness (QED) is 0.851. The highest BCUT2D eigenvalue weighted by Crippen LogP contribution is 2.27. The maximum Gasteiger partial charge on any atom is 0.224 e. The Morgan fingerprint density at radius 3 is 3.06 bits per heavy atom. The zero-order valence-electron chi connectivity index (χ0n) is 10.5. The fourth-order valence-electron chi connectivity index (χ4n) is 2.31. The first-order valence-electron chi connectivity index (χ1n) is 6.21. The largest absolute Gasteiger partial charge is 0.326 e. The van der Waals surface area contributed by atoms with Gasteiger partial charge in [0.25, 0.3) is 0 Å². The van der Waals surface area contributed by atoms with Gasteiger partial charge in [0.05, 0.1) is 6.07 Å². The first-order chi connectivity index (χ1) is 8.74. The van der Waals surface area contributed by atoms with Crippen LogP contribution in [0.3, 0.4) is 0 Å². The number of benzene rings is 1. The van der Waals surface area contributed by atoms with Crippen molar-refractivity contribution >= 4 is 11.6 Å². The fourth-order valence-corrected chi connectivity index (χ4v) is 2.31. The number of nitriles is 1. The standard InChI is InChI=1S/C14H17N3O/c1-16-12(3-2-8-15)10-4-6-13-11(9-10)5-7-14(18)17-13/h4,6,9,12,16H,2-3,5,7H2,1H3,(H,17,18). The number of rotatable bonds is 4. The van der Waals surface area contributed by atoms with E-state index in [0.717, 1.165) is 18.5 Å². The minimum Gasteiger partial charge on any atom is -0.326 e. The van der Waals surface area contributed by atoms with Gasteiger partial charge in [-0.1, -0.05) is 12.1 Å². The smallest absolute Gasteiger partial charge is 0.224 e. The normalized spacial score (nSPS) is 15.4. The Hall–Kier alpha value is -1.86. The van der Waals surface area contributed by atoms with Gasteiger partial charge in [-0.25, -0.2) is 0 Å². The van der Waals surface area contributed by atoms with Gasteiger partial charge in [0.1, 0.15) is 0 Å². The average Bonchev–Trinajstić information content (AvgIpc) is 2.39. The lowest BCUT2D eigenvalue weighted by Gasteiger charge is -2.21. The topological polar surface area (TPSA) is 64.9 Å². The summed E-state index contributed by atoms with van der Waals surface area (Å²) in [4.78, 5) is 11.3. The van der Waals surface area contributed by atoms with Crippen LogP contribution in [0.15, 0.2) is 18.2 Å². The van der Waals surface area contributed by atoms with Crippen LogP contribution in [0.25, 0.3) is 0 Å². The molecule has 1 aromatic carbocycles. The van der Waals surface area contributed by atoms with Gasteiger partial charge < -0.3 is 10.6 Å². The van der Waals surface area contributed by atoms with Crippen LogP contribution in [-0.2, 0) is 11.2 Å². The SMILES string of the molecule is CNC(CCC#N)c1ccc2c(c1)CCC(=O)N2. The van der Waals surface area contributed by atoms with E-state index in [9.17, 15) is 4.79 Å². The van der Waals surface area contributed by atoms with Crippen molar-refractivity contribution in [3.63, 3.8) is 0 Å². The van der Waals surface area contributed by atoms with Crippen molar-refractivity contribution in [2.24, 2.45) is 0 Å². The molecule has 94 valence electrons. The van der Waals surface area contributed by atoms with Crippen molar-refractivity contribution in [3.8, 4) is 6.07 Å². The lowest BCUT2D eigenvalue weighted by atomic mass is 9.95. The molecule has 1 aromatic rings. The zero-order valence-corrected chi connectivity index (χ0v) is 10.5. The van der Waals surface area contributed by atoms with Gasteiger partial charge in [0.2, 0.25) is 5.91 Å². The van der Waals surface area contributed by atoms with Crippen LogP contribution in [0.5, 0.6) is 0 Å². The monoisotopic (exact) mass is 243 g/mol. The minimum atomic E-state index is 0.0879. The maximum absolute atomic E-state index is 11.3. The summed E-state index contributed by atoms with van der Waals surface area (Å²) in [6, 6.07) is 8.48. The molecule has 2 N–H and O–H groups in total. The van der Waals surface area contributed by atoms with Crippen LogP contribution in [0.1, 0.15) is 36.4 Å². The zero-order chi connectivity index (χ0) is 13.0. The Labute approximate surface area is 107 Å². The number of amides is 1. The van der Waals surface area contributed by atoms with Crippen molar-refractivity contribution in [2.45, 2.75) is 31.7 Å². The number of anilines is 1. The van der Waals surface area contributed by atoms with Gasteiger partial charge in [0, 0.05) is 24.6 Å². The van der Waals surface area contributed by atoms with Crippen molar-refractivity contribution in [1.29, 1.82) is 5.26 Å². The third-order valence-corrected chi connectivity index (χ3v) is 3.32. The molecule has 4 heteroatoms. The highest BCUT2D eigenvalue weighted by molar-refractivity contribution is 5.93. The Morgan fingerprint density at radius 2 is 2.33 bits per heavy atom. The van der Waals surface area contributed by atoms with Crippen LogP contribution < -0.4 is 10.6 Å². The number of hydrogen-bond donors (Lipinski definition) is 2. The molecule has 1 atom stereocenters. The van der Waals surface area contributed by atoms with E-state index in [1.807, 2.05) is 19.2 Å². The number of aryl methyl sites for hydroxylation is 1. The number of nitrogens with zero attached hydrogens (tertiary/aromatic N) is 1. The molecule has 0 spiro atoms. The molecule has 0 fully saturated rings. The Balaban J connectivity index is 2.19. The summed E-state index contributed by atoms with van der Waals surface area (Å²) in [5.74, 6) is 0.0879. The van der Waals surface area contributed by atoms with Crippen molar-refractivity contribution in [1.82, 2.24) is 5.32 Å². The van der Waals surface area contributed by atoms with Crippen LogP contribution in [0, 0.1) is 11.3 Å². The van der Waals surface area contributed by atoms with E-state index in [2.05, 4.69) is 22.8 Å². The van der Waals surface area contributed by atoms with E-state index in [-0.39, 0.29) is 11.9 Å². The van der Waals surface area contributed by atoms with Crippen LogP contribution in [-0.4, -0.2) is 13.0 Å². The molecule has 18 heavy (non-hydrogen) atoms. The van der Waals surface area contributed by atoms with E-state index < -0.39 is 0 Å². The lowest BCUT2D eigenvalue weighted by Crippen LogP contribution is -2.20. The Bertz CT molecular complexity index is 490. The molecular formula is C14H17N3O. The number of carbonyl (C=O) groups excluding carboxylic acids is 1. The molecule has 0 aliphatic carbocycles. The van der Waals surface area contributed by atoms with Gasteiger partial charge in [-0.3, -0.25) is 4.79 Å². The summed E-state index contributed by atoms with van der Waals surface area (Å²) in [7, 11) is 1.91. The number of nitrogens with one attached hydrogen (secondary N) is 2. The second kappa shape index (κ2) is 5.65. The summed E-state index contributed by atoms with van der Waals surface area (Å²) < 4.78 is 0. The van der Waals surface area contributed by atoms with Crippen LogP contribution in [0.4, 0.5) is 5.69 Å². The number of fused-ring (bicyclic) bond motifs is 1. The van der Waals surface area contributed by atoms with E-state index in [1.54, 1.807) is 0 Å². The molecule has 0 bridgehead atoms. The molecule has 4 nitrogen and oxygen atoms in total. The predicted molar refractivity (Wildman–Crippen MR) is 70.0 cm³/mol. The highest BCUT2D eigenvalue weighted by atomic mass is 16.1. The molecular weight excluding hydrogens is 226 g/mol. The molecule has 1 aliphatic heterocycles. The van der Waals surface area contributed by atoms with Crippen molar-refractivity contribution in [3.05, 3.63) is 29.3 Å².